The maximum absolute atomic E-state index is 2.55. The van der Waals surface area contributed by atoms with Crippen LogP contribution in [0.25, 0.3) is 91.8 Å². The molecule has 0 saturated heterocycles. The Labute approximate surface area is 395 Å². The smallest absolute Gasteiger partial charge is 0.0547 e. The molecule has 320 valence electrons. The summed E-state index contributed by atoms with van der Waals surface area (Å²) in [5.41, 5.74) is 15.8. The van der Waals surface area contributed by atoms with Crippen molar-refractivity contribution in [1.82, 2.24) is 4.57 Å². The molecular formula is C64H48N2S. The molecule has 0 N–H and O–H groups in total. The topological polar surface area (TPSA) is 8.17 Å². The fourth-order valence-electron chi connectivity index (χ4n) is 11.5. The van der Waals surface area contributed by atoms with Crippen molar-refractivity contribution in [2.24, 2.45) is 0 Å². The van der Waals surface area contributed by atoms with Gasteiger partial charge < -0.3 is 9.47 Å². The zero-order valence-electron chi connectivity index (χ0n) is 37.3. The Bertz CT molecular complexity index is 3810. The lowest BCUT2D eigenvalue weighted by molar-refractivity contribution is 0.445. The summed E-state index contributed by atoms with van der Waals surface area (Å²) >= 11 is 1.88. The first-order valence-electron chi connectivity index (χ1n) is 23.9. The van der Waals surface area contributed by atoms with E-state index in [1.165, 1.54) is 124 Å². The zero-order chi connectivity index (χ0) is 44.3. The second-order valence-corrected chi connectivity index (χ2v) is 19.3. The van der Waals surface area contributed by atoms with Gasteiger partial charge in [-0.1, -0.05) is 183 Å². The highest BCUT2D eigenvalue weighted by molar-refractivity contribution is 7.25. The summed E-state index contributed by atoms with van der Waals surface area (Å²) in [7, 11) is 0. The second kappa shape index (κ2) is 16.6. The first-order chi connectivity index (χ1) is 33.3. The summed E-state index contributed by atoms with van der Waals surface area (Å²) < 4.78 is 5.03. The van der Waals surface area contributed by atoms with Gasteiger partial charge in [0.15, 0.2) is 0 Å². The number of benzene rings is 10. The normalized spacial score (nSPS) is 13.3. The van der Waals surface area contributed by atoms with E-state index in [4.69, 9.17) is 0 Å². The third-order valence-electron chi connectivity index (χ3n) is 14.4. The molecule has 0 amide bonds. The molecule has 0 atom stereocenters. The maximum Gasteiger partial charge on any atom is 0.0547 e. The van der Waals surface area contributed by atoms with Crippen LogP contribution in [0.15, 0.2) is 224 Å². The summed E-state index contributed by atoms with van der Waals surface area (Å²) in [5, 5.41) is 7.82. The van der Waals surface area contributed by atoms with Gasteiger partial charge >= 0.3 is 0 Å². The predicted octanol–water partition coefficient (Wildman–Crippen LogP) is 18.8. The Morgan fingerprint density at radius 3 is 1.79 bits per heavy atom. The Kier molecular flexibility index (Phi) is 9.83. The highest BCUT2D eigenvalue weighted by Crippen LogP contribution is 2.50. The van der Waals surface area contributed by atoms with E-state index in [2.05, 4.69) is 234 Å². The molecule has 1 aliphatic carbocycles. The minimum absolute atomic E-state index is 0.566. The molecule has 2 nitrogen and oxygen atoms in total. The number of thiophene rings is 1. The van der Waals surface area contributed by atoms with Gasteiger partial charge in [0.1, 0.15) is 0 Å². The van der Waals surface area contributed by atoms with Gasteiger partial charge in [-0.25, -0.2) is 0 Å². The molecule has 12 aromatic rings. The monoisotopic (exact) mass is 876 g/mol. The molecule has 0 bridgehead atoms. The Morgan fingerprint density at radius 2 is 0.985 bits per heavy atom. The molecule has 2 heterocycles. The van der Waals surface area contributed by atoms with Gasteiger partial charge in [-0.2, -0.15) is 0 Å². The molecule has 3 heteroatoms. The van der Waals surface area contributed by atoms with Gasteiger partial charge in [0.2, 0.25) is 0 Å². The van der Waals surface area contributed by atoms with Crippen LogP contribution >= 0.6 is 11.3 Å². The number of para-hydroxylation sites is 4. The number of hydrogen-bond donors (Lipinski definition) is 0. The molecule has 0 radical (unpaired) electrons. The van der Waals surface area contributed by atoms with E-state index >= 15 is 0 Å². The fraction of sp³-hybridized carbons (Fsp3) is 0.0938. The van der Waals surface area contributed by atoms with Crippen LogP contribution in [-0.4, -0.2) is 4.57 Å². The lowest BCUT2D eigenvalue weighted by Crippen LogP contribution is -2.13. The highest BCUT2D eigenvalue weighted by atomic mass is 32.1. The van der Waals surface area contributed by atoms with E-state index in [0.717, 1.165) is 22.7 Å². The average Bonchev–Trinajstić information content (AvgIpc) is 3.96. The summed E-state index contributed by atoms with van der Waals surface area (Å²) in [5.74, 6) is 0.566. The van der Waals surface area contributed by atoms with Crippen molar-refractivity contribution in [1.29, 1.82) is 0 Å². The minimum Gasteiger partial charge on any atom is -0.309 e. The number of rotatable bonds is 8. The fourth-order valence-corrected chi connectivity index (χ4v) is 12.6. The Morgan fingerprint density at radius 1 is 0.403 bits per heavy atom. The average molecular weight is 877 g/mol. The van der Waals surface area contributed by atoms with Crippen molar-refractivity contribution < 1.29 is 0 Å². The Hall–Kier alpha value is -7.72. The largest absolute Gasteiger partial charge is 0.309 e. The molecule has 10 aromatic carbocycles. The lowest BCUT2D eigenvalue weighted by atomic mass is 9.80. The van der Waals surface area contributed by atoms with Crippen molar-refractivity contribution in [3.8, 4) is 39.1 Å². The van der Waals surface area contributed by atoms with Gasteiger partial charge in [-0.3, -0.25) is 0 Å². The molecule has 67 heavy (non-hydrogen) atoms. The standard InChI is InChI=1S/C64H48N2S/c1-3-20-43(21-4-1)48-32-16-22-44-23-17-34-52(62(44)48)50-28-7-11-36-56(50)66(57-37-12-8-29-51(57)53-35-19-41-61-64(53)55-31-10-14-40-60(55)67-61)47-27-15-24-45(42-47)49-33-18-39-59-63(49)54-30-9-13-38-58(54)65(59)46-25-5-2-6-26-46/h2,5-19,22-43H,1,3-4,20-21H2. The summed E-state index contributed by atoms with van der Waals surface area (Å²) in [6.07, 6.45) is 6.44. The maximum atomic E-state index is 2.55. The van der Waals surface area contributed by atoms with Crippen LogP contribution in [0.5, 0.6) is 0 Å². The number of aromatic nitrogens is 1. The second-order valence-electron chi connectivity index (χ2n) is 18.2. The molecule has 1 aliphatic rings. The van der Waals surface area contributed by atoms with Crippen LogP contribution in [0.1, 0.15) is 43.6 Å². The van der Waals surface area contributed by atoms with E-state index in [-0.39, 0.29) is 0 Å². The molecule has 1 fully saturated rings. The number of anilines is 3. The first kappa shape index (κ1) is 39.6. The molecule has 0 aliphatic heterocycles. The summed E-state index contributed by atoms with van der Waals surface area (Å²) in [4.78, 5) is 2.55. The van der Waals surface area contributed by atoms with E-state index in [1.54, 1.807) is 0 Å². The highest BCUT2D eigenvalue weighted by Gasteiger charge is 2.26. The summed E-state index contributed by atoms with van der Waals surface area (Å²) in [6.45, 7) is 0. The van der Waals surface area contributed by atoms with Crippen LogP contribution in [0, 0.1) is 0 Å². The van der Waals surface area contributed by atoms with Crippen molar-refractivity contribution in [2.45, 2.75) is 38.0 Å². The third-order valence-corrected chi connectivity index (χ3v) is 15.5. The predicted molar refractivity (Wildman–Crippen MR) is 288 cm³/mol. The number of fused-ring (bicyclic) bond motifs is 7. The third kappa shape index (κ3) is 6.68. The van der Waals surface area contributed by atoms with Crippen LogP contribution in [-0.2, 0) is 0 Å². The van der Waals surface area contributed by atoms with E-state index in [1.807, 2.05) is 11.3 Å². The summed E-state index contributed by atoms with van der Waals surface area (Å²) in [6, 6.07) is 83.6. The molecule has 2 aromatic heterocycles. The van der Waals surface area contributed by atoms with Gasteiger partial charge in [-0.05, 0) is 118 Å². The van der Waals surface area contributed by atoms with Crippen LogP contribution in [0.3, 0.4) is 0 Å². The van der Waals surface area contributed by atoms with Crippen LogP contribution < -0.4 is 4.90 Å². The first-order valence-corrected chi connectivity index (χ1v) is 24.7. The van der Waals surface area contributed by atoms with E-state index < -0.39 is 0 Å². The zero-order valence-corrected chi connectivity index (χ0v) is 38.1. The minimum atomic E-state index is 0.566. The molecule has 13 rings (SSSR count). The van der Waals surface area contributed by atoms with Gasteiger partial charge in [0.25, 0.3) is 0 Å². The van der Waals surface area contributed by atoms with Gasteiger partial charge in [-0.15, -0.1) is 11.3 Å². The molecule has 1 saturated carbocycles. The lowest BCUT2D eigenvalue weighted by Gasteiger charge is -2.31. The van der Waals surface area contributed by atoms with Crippen molar-refractivity contribution in [3.63, 3.8) is 0 Å². The van der Waals surface area contributed by atoms with E-state index in [0.29, 0.717) is 5.92 Å². The van der Waals surface area contributed by atoms with E-state index in [9.17, 15) is 0 Å². The van der Waals surface area contributed by atoms with Crippen molar-refractivity contribution in [3.05, 3.63) is 230 Å². The van der Waals surface area contributed by atoms with Crippen LogP contribution in [0.4, 0.5) is 17.1 Å². The van der Waals surface area contributed by atoms with Crippen LogP contribution in [0.2, 0.25) is 0 Å². The molecular weight excluding hydrogens is 829 g/mol. The number of nitrogens with zero attached hydrogens (tertiary/aromatic N) is 2. The van der Waals surface area contributed by atoms with Crippen molar-refractivity contribution in [2.75, 3.05) is 4.90 Å². The molecule has 0 spiro atoms. The van der Waals surface area contributed by atoms with Gasteiger partial charge in [0.05, 0.1) is 22.4 Å². The van der Waals surface area contributed by atoms with Gasteiger partial charge in [0, 0.05) is 53.4 Å². The van der Waals surface area contributed by atoms with Crippen molar-refractivity contribution >= 4 is 81.1 Å². The molecule has 0 unspecified atom stereocenters. The quantitative estimate of drug-likeness (QED) is 0.148. The Balaban J connectivity index is 1.07. The SMILES string of the molecule is c1ccc(-n2c3ccccc3c3c(-c4cccc(N(c5ccccc5-c5cccc6cccc(C7CCCCC7)c56)c5ccccc5-c5cccc6sc7ccccc7c56)c4)cccc32)cc1. The number of hydrogen-bond acceptors (Lipinski definition) is 2.